The van der Waals surface area contributed by atoms with E-state index in [0.29, 0.717) is 0 Å². The second kappa shape index (κ2) is 14.0. The Labute approximate surface area is 321 Å². The molecule has 0 aliphatic carbocycles. The summed E-state index contributed by atoms with van der Waals surface area (Å²) in [5, 5.41) is 0. The van der Waals surface area contributed by atoms with Gasteiger partial charge in [0.2, 0.25) is 0 Å². The smallest absolute Gasteiger partial charge is 0.0737 e. The summed E-state index contributed by atoms with van der Waals surface area (Å²) < 4.78 is 2.48. The molecular weight excluding hydrogens is 695 g/mol. The fourth-order valence-corrected chi connectivity index (χ4v) is 7.45. The zero-order chi connectivity index (χ0) is 35.3. The van der Waals surface area contributed by atoms with Gasteiger partial charge in [-0.15, -0.1) is 0 Å². The van der Waals surface area contributed by atoms with Crippen LogP contribution < -0.4 is 0 Å². The molecule has 3 aromatic rings. The molecule has 9 heteroatoms. The molecule has 9 rings (SSSR count). The molecule has 0 aromatic carbocycles. The van der Waals surface area contributed by atoms with Gasteiger partial charge in [-0.05, 0) is 120 Å². The Morgan fingerprint density at radius 1 is 0.509 bits per heavy atom. The summed E-state index contributed by atoms with van der Waals surface area (Å²) in [5.41, 5.74) is 16.0. The van der Waals surface area contributed by atoms with Crippen molar-refractivity contribution in [2.45, 2.75) is 0 Å². The Kier molecular flexibility index (Phi) is 9.06. The predicted molar refractivity (Wildman–Crippen MR) is 218 cm³/mol. The molecule has 0 saturated heterocycles. The topological polar surface area (TPSA) is 59.5 Å². The van der Waals surface area contributed by atoms with Gasteiger partial charge in [-0.1, -0.05) is 18.2 Å². The van der Waals surface area contributed by atoms with Gasteiger partial charge in [-0.3, -0.25) is 0 Å². The van der Waals surface area contributed by atoms with Crippen molar-refractivity contribution >= 4 is 68.8 Å². The number of rotatable bonds is 4. The summed E-state index contributed by atoms with van der Waals surface area (Å²) in [4.78, 5) is 22.9. The zero-order valence-corrected chi connectivity index (χ0v) is 31.6. The minimum absolute atomic E-state index is 0. The summed E-state index contributed by atoms with van der Waals surface area (Å²) in [5.74, 6) is 0. The van der Waals surface area contributed by atoms with Crippen LogP contribution in [-0.4, -0.2) is 93.5 Å². The largest absolute Gasteiger partial charge is 0.377 e. The molecule has 6 aliphatic heterocycles. The Balaban J connectivity index is 0.00000400. The average Bonchev–Trinajstić information content (AvgIpc) is 3.95. The summed E-state index contributed by atoms with van der Waals surface area (Å²) in [6, 6.07) is 10.7. The first-order valence-electron chi connectivity index (χ1n) is 17.9. The van der Waals surface area contributed by atoms with Gasteiger partial charge in [0.1, 0.15) is 0 Å². The summed E-state index contributed by atoms with van der Waals surface area (Å²) in [7, 11) is 8.48. The molecule has 0 unspecified atom stereocenters. The molecule has 53 heavy (non-hydrogen) atoms. The number of aromatic nitrogens is 4. The normalized spacial score (nSPS) is 17.6. The number of aromatic amines is 1. The van der Waals surface area contributed by atoms with Crippen molar-refractivity contribution in [3.8, 4) is 0 Å². The number of likely N-dealkylation sites (N-methyl/N-ethyl adjacent to an activating group) is 4. The van der Waals surface area contributed by atoms with Gasteiger partial charge < -0.3 is 29.2 Å². The Hall–Kier alpha value is -5.76. The molecular formula is C44H42MnN8. The van der Waals surface area contributed by atoms with Crippen molar-refractivity contribution in [1.82, 2.24) is 39.1 Å². The molecule has 8 nitrogen and oxygen atoms in total. The molecule has 0 spiro atoms. The first-order valence-corrected chi connectivity index (χ1v) is 17.9. The third-order valence-corrected chi connectivity index (χ3v) is 10.2. The standard InChI is InChI=1S/C44H42N8.Mn/c1-48-19-11-30(12-20-48)41-39-10-9-36(47-39)28-35-6-5-33(45-35)27-34-7-8-37(46-34)29-40-42(31-13-21-49(2)22-14-31)43(32-15-23-50(3)24-16-32)44(41)52(40)38-17-25-51(4)26-18-38;/h5-19,21,23,25,27-29,45H,20,22,24,26H2,1-4H3;. The van der Waals surface area contributed by atoms with Crippen molar-refractivity contribution in [2.75, 3.05) is 54.4 Å². The number of nitrogens with one attached hydrogen (secondary N) is 1. The van der Waals surface area contributed by atoms with Gasteiger partial charge >= 0.3 is 0 Å². The van der Waals surface area contributed by atoms with E-state index in [9.17, 15) is 0 Å². The van der Waals surface area contributed by atoms with Gasteiger partial charge in [0.25, 0.3) is 0 Å². The monoisotopic (exact) mass is 737 g/mol. The molecule has 0 amide bonds. The molecule has 3 aromatic heterocycles. The maximum atomic E-state index is 5.37. The number of hydrogen-bond donors (Lipinski definition) is 1. The van der Waals surface area contributed by atoms with Crippen molar-refractivity contribution in [3.63, 3.8) is 0 Å². The molecule has 1 radical (unpaired) electrons. The first kappa shape index (κ1) is 34.3. The van der Waals surface area contributed by atoms with Crippen LogP contribution in [-0.2, 0) is 17.1 Å². The summed E-state index contributed by atoms with van der Waals surface area (Å²) in [6.07, 6.45) is 35.7. The van der Waals surface area contributed by atoms with Gasteiger partial charge in [-0.25, -0.2) is 9.97 Å². The predicted octanol–water partition coefficient (Wildman–Crippen LogP) is 7.95. The molecule has 0 atom stereocenters. The third-order valence-electron chi connectivity index (χ3n) is 10.2. The van der Waals surface area contributed by atoms with Crippen LogP contribution in [0.25, 0.3) is 68.8 Å². The van der Waals surface area contributed by atoms with Crippen LogP contribution in [0.1, 0.15) is 39.5 Å². The van der Waals surface area contributed by atoms with Crippen LogP contribution >= 0.6 is 0 Å². The second-order valence-electron chi connectivity index (χ2n) is 14.2. The van der Waals surface area contributed by atoms with Gasteiger partial charge in [0.05, 0.1) is 33.8 Å². The van der Waals surface area contributed by atoms with Crippen molar-refractivity contribution in [2.24, 2.45) is 0 Å². The van der Waals surface area contributed by atoms with Crippen LogP contribution in [0.2, 0.25) is 0 Å². The summed E-state index contributed by atoms with van der Waals surface area (Å²) >= 11 is 0. The maximum Gasteiger partial charge on any atom is 0.0737 e. The second-order valence-corrected chi connectivity index (χ2v) is 14.2. The van der Waals surface area contributed by atoms with Crippen molar-refractivity contribution < 1.29 is 17.1 Å². The van der Waals surface area contributed by atoms with E-state index >= 15 is 0 Å². The Morgan fingerprint density at radius 2 is 1.00 bits per heavy atom. The minimum Gasteiger partial charge on any atom is -0.377 e. The SMILES string of the molecule is CN1C=CC(c2c(C3=CCN(C)C=C3)c3c(C4=CCN(C)C=C4)c4nc(cc5ccc(cc6nc(cc2n3C2=CCN(C)C=C2)C=C6)[nH]5)C=C4)=CC1.[Mn]. The molecule has 265 valence electrons. The molecule has 9 heterocycles. The number of H-pyrrole nitrogens is 1. The van der Waals surface area contributed by atoms with E-state index in [4.69, 9.17) is 9.97 Å². The molecule has 8 bridgehead atoms. The van der Waals surface area contributed by atoms with E-state index in [1.54, 1.807) is 0 Å². The first-order chi connectivity index (χ1) is 25.4. The number of fused-ring (bicyclic) bond motifs is 8. The van der Waals surface area contributed by atoms with Gasteiger partial charge in [0, 0.05) is 111 Å². The fourth-order valence-electron chi connectivity index (χ4n) is 7.45. The van der Waals surface area contributed by atoms with Crippen LogP contribution in [0.15, 0.2) is 104 Å². The van der Waals surface area contributed by atoms with E-state index in [-0.39, 0.29) is 17.1 Å². The third kappa shape index (κ3) is 6.58. The van der Waals surface area contributed by atoms with Crippen molar-refractivity contribution in [3.05, 3.63) is 143 Å². The summed E-state index contributed by atoms with van der Waals surface area (Å²) in [6.45, 7) is 3.25. The zero-order valence-electron chi connectivity index (χ0n) is 30.5. The van der Waals surface area contributed by atoms with Crippen LogP contribution in [0.4, 0.5) is 0 Å². The van der Waals surface area contributed by atoms with Gasteiger partial charge in [0.15, 0.2) is 0 Å². The van der Waals surface area contributed by atoms with Gasteiger partial charge in [-0.2, -0.15) is 0 Å². The van der Waals surface area contributed by atoms with E-state index in [0.717, 1.165) is 87.9 Å². The van der Waals surface area contributed by atoms with E-state index in [1.165, 1.54) is 22.3 Å². The number of hydrogen-bond acceptors (Lipinski definition) is 6. The quantitative estimate of drug-likeness (QED) is 0.189. The Morgan fingerprint density at radius 3 is 1.55 bits per heavy atom. The maximum absolute atomic E-state index is 5.37. The number of nitrogens with zero attached hydrogens (tertiary/aromatic N) is 7. The molecule has 6 aliphatic rings. The van der Waals surface area contributed by atoms with E-state index in [2.05, 4.69) is 185 Å². The van der Waals surface area contributed by atoms with Crippen LogP contribution in [0, 0.1) is 0 Å². The van der Waals surface area contributed by atoms with Crippen LogP contribution in [0.5, 0.6) is 0 Å². The Bertz CT molecular complexity index is 2490. The van der Waals surface area contributed by atoms with E-state index in [1.807, 2.05) is 0 Å². The molecule has 0 fully saturated rings. The fraction of sp³-hybridized carbons (Fsp3) is 0.182. The average molecular weight is 738 g/mol. The van der Waals surface area contributed by atoms with E-state index < -0.39 is 0 Å². The number of allylic oxidation sites excluding steroid dienone is 8. The minimum atomic E-state index is 0. The van der Waals surface area contributed by atoms with Crippen LogP contribution in [0.3, 0.4) is 0 Å². The molecule has 1 N–H and O–H groups in total. The van der Waals surface area contributed by atoms with Crippen molar-refractivity contribution in [1.29, 1.82) is 0 Å². The molecule has 0 saturated carbocycles.